The Balaban J connectivity index is 0.00000361. The van der Waals surface area contributed by atoms with E-state index in [4.69, 9.17) is 5.73 Å². The van der Waals surface area contributed by atoms with Gasteiger partial charge in [0.05, 0.1) is 11.5 Å². The molecule has 1 amide bonds. The lowest BCUT2D eigenvalue weighted by Gasteiger charge is -2.23. The Hall–Kier alpha value is -1.86. The Morgan fingerprint density at radius 2 is 2.10 bits per heavy atom. The Bertz CT molecular complexity index is 470. The SMILES string of the molecule is CC(CN)N(C)C(=O)CNc1ccccc1[N+](=O)[O-].Cl. The first kappa shape index (κ1) is 18.1. The summed E-state index contributed by atoms with van der Waals surface area (Å²) in [5, 5.41) is 13.6. The summed E-state index contributed by atoms with van der Waals surface area (Å²) in [5.41, 5.74) is 5.76. The zero-order chi connectivity index (χ0) is 14.4. The zero-order valence-corrected chi connectivity index (χ0v) is 12.2. The van der Waals surface area contributed by atoms with Crippen LogP contribution in [0.25, 0.3) is 0 Å². The molecule has 0 aromatic heterocycles. The second-order valence-corrected chi connectivity index (χ2v) is 4.22. The molecule has 1 rings (SSSR count). The third kappa shape index (κ3) is 4.67. The molecule has 0 aliphatic rings. The number of para-hydroxylation sites is 2. The van der Waals surface area contributed by atoms with Gasteiger partial charge in [-0.15, -0.1) is 12.4 Å². The van der Waals surface area contributed by atoms with E-state index < -0.39 is 4.92 Å². The van der Waals surface area contributed by atoms with Crippen molar-refractivity contribution in [2.75, 3.05) is 25.5 Å². The number of nitro benzene ring substituents is 1. The number of nitrogens with two attached hydrogens (primary N) is 1. The van der Waals surface area contributed by atoms with E-state index in [1.807, 2.05) is 6.92 Å². The lowest BCUT2D eigenvalue weighted by molar-refractivity contribution is -0.383. The summed E-state index contributed by atoms with van der Waals surface area (Å²) in [6.07, 6.45) is 0. The Kier molecular flexibility index (Phi) is 7.56. The minimum absolute atomic E-state index is 0. The van der Waals surface area contributed by atoms with E-state index in [1.165, 1.54) is 11.0 Å². The van der Waals surface area contributed by atoms with Crippen LogP contribution in [0.5, 0.6) is 0 Å². The third-order valence-electron chi connectivity index (χ3n) is 2.93. The van der Waals surface area contributed by atoms with Gasteiger partial charge in [-0.25, -0.2) is 0 Å². The lowest BCUT2D eigenvalue weighted by Crippen LogP contribution is -2.42. The van der Waals surface area contributed by atoms with Crippen LogP contribution < -0.4 is 11.1 Å². The molecule has 3 N–H and O–H groups in total. The first-order valence-electron chi connectivity index (χ1n) is 5.90. The van der Waals surface area contributed by atoms with Gasteiger partial charge < -0.3 is 16.0 Å². The molecule has 0 spiro atoms. The van der Waals surface area contributed by atoms with Gasteiger partial charge in [0.15, 0.2) is 0 Å². The van der Waals surface area contributed by atoms with Crippen molar-refractivity contribution in [1.29, 1.82) is 0 Å². The largest absolute Gasteiger partial charge is 0.371 e. The van der Waals surface area contributed by atoms with Gasteiger partial charge in [-0.3, -0.25) is 14.9 Å². The molecular weight excluding hydrogens is 284 g/mol. The molecular formula is C12H19ClN4O3. The number of nitro groups is 1. The second-order valence-electron chi connectivity index (χ2n) is 4.22. The summed E-state index contributed by atoms with van der Waals surface area (Å²) in [4.78, 5) is 23.7. The van der Waals surface area contributed by atoms with E-state index in [0.29, 0.717) is 12.2 Å². The summed E-state index contributed by atoms with van der Waals surface area (Å²) in [7, 11) is 1.65. The normalized spacial score (nSPS) is 11.2. The van der Waals surface area contributed by atoms with Crippen LogP contribution in [0, 0.1) is 10.1 Å². The van der Waals surface area contributed by atoms with Crippen LogP contribution in [-0.4, -0.2) is 41.9 Å². The van der Waals surface area contributed by atoms with Crippen LogP contribution in [0.3, 0.4) is 0 Å². The minimum Gasteiger partial charge on any atom is -0.371 e. The molecule has 0 aliphatic heterocycles. The number of rotatable bonds is 6. The summed E-state index contributed by atoms with van der Waals surface area (Å²) in [6.45, 7) is 2.20. The molecule has 0 saturated carbocycles. The average molecular weight is 303 g/mol. The molecule has 0 aliphatic carbocycles. The molecule has 0 heterocycles. The number of amides is 1. The molecule has 112 valence electrons. The number of hydrogen-bond acceptors (Lipinski definition) is 5. The molecule has 1 aromatic rings. The Morgan fingerprint density at radius 3 is 2.65 bits per heavy atom. The number of halogens is 1. The predicted octanol–water partition coefficient (Wildman–Crippen LogP) is 1.23. The van der Waals surface area contributed by atoms with E-state index in [0.717, 1.165) is 0 Å². The zero-order valence-electron chi connectivity index (χ0n) is 11.4. The van der Waals surface area contributed by atoms with Crippen LogP contribution in [0.1, 0.15) is 6.92 Å². The summed E-state index contributed by atoms with van der Waals surface area (Å²) in [6, 6.07) is 6.14. The van der Waals surface area contributed by atoms with Gasteiger partial charge in [-0.2, -0.15) is 0 Å². The van der Waals surface area contributed by atoms with Crippen molar-refractivity contribution in [3.63, 3.8) is 0 Å². The number of nitrogens with one attached hydrogen (secondary N) is 1. The highest BCUT2D eigenvalue weighted by molar-refractivity contribution is 5.85. The van der Waals surface area contributed by atoms with Gasteiger partial charge in [-0.1, -0.05) is 12.1 Å². The highest BCUT2D eigenvalue weighted by Crippen LogP contribution is 2.22. The molecule has 1 unspecified atom stereocenters. The van der Waals surface area contributed by atoms with Crippen molar-refractivity contribution in [3.05, 3.63) is 34.4 Å². The number of carbonyl (C=O) groups is 1. The van der Waals surface area contributed by atoms with Crippen molar-refractivity contribution < 1.29 is 9.72 Å². The van der Waals surface area contributed by atoms with Crippen LogP contribution in [0.4, 0.5) is 11.4 Å². The fourth-order valence-corrected chi connectivity index (χ4v) is 1.48. The smallest absolute Gasteiger partial charge is 0.292 e. The van der Waals surface area contributed by atoms with E-state index in [1.54, 1.807) is 25.2 Å². The van der Waals surface area contributed by atoms with Crippen LogP contribution in [0.15, 0.2) is 24.3 Å². The van der Waals surface area contributed by atoms with E-state index in [-0.39, 0.29) is 36.6 Å². The van der Waals surface area contributed by atoms with Crippen LogP contribution in [-0.2, 0) is 4.79 Å². The second kappa shape index (κ2) is 8.34. The first-order valence-corrected chi connectivity index (χ1v) is 5.90. The van der Waals surface area contributed by atoms with E-state index in [9.17, 15) is 14.9 Å². The Morgan fingerprint density at radius 1 is 1.50 bits per heavy atom. The molecule has 0 saturated heterocycles. The van der Waals surface area contributed by atoms with Gasteiger partial charge in [0.2, 0.25) is 5.91 Å². The molecule has 20 heavy (non-hydrogen) atoms. The Labute approximate surface area is 123 Å². The maximum Gasteiger partial charge on any atom is 0.292 e. The standard InChI is InChI=1S/C12H18N4O3.ClH/c1-9(7-13)15(2)12(17)8-14-10-5-3-4-6-11(10)16(18)19;/h3-6,9,14H,7-8,13H2,1-2H3;1H. The van der Waals surface area contributed by atoms with Crippen molar-refractivity contribution in [1.82, 2.24) is 4.90 Å². The minimum atomic E-state index is -0.487. The van der Waals surface area contributed by atoms with Gasteiger partial charge in [0.25, 0.3) is 5.69 Å². The predicted molar refractivity (Wildman–Crippen MR) is 80.1 cm³/mol. The molecule has 8 heteroatoms. The van der Waals surface area contributed by atoms with Crippen molar-refractivity contribution in [3.8, 4) is 0 Å². The van der Waals surface area contributed by atoms with E-state index >= 15 is 0 Å². The molecule has 0 radical (unpaired) electrons. The summed E-state index contributed by atoms with van der Waals surface area (Å²) in [5.74, 6) is -0.170. The maximum atomic E-state index is 11.8. The monoisotopic (exact) mass is 302 g/mol. The number of carbonyl (C=O) groups excluding carboxylic acids is 1. The highest BCUT2D eigenvalue weighted by Gasteiger charge is 2.16. The summed E-state index contributed by atoms with van der Waals surface area (Å²) >= 11 is 0. The van der Waals surface area contributed by atoms with E-state index in [2.05, 4.69) is 5.32 Å². The molecule has 1 atom stereocenters. The highest BCUT2D eigenvalue weighted by atomic mass is 35.5. The number of benzene rings is 1. The molecule has 0 fully saturated rings. The van der Waals surface area contributed by atoms with Crippen molar-refractivity contribution >= 4 is 29.7 Å². The quantitative estimate of drug-likeness (QED) is 0.608. The van der Waals surface area contributed by atoms with Gasteiger partial charge >= 0.3 is 0 Å². The fraction of sp³-hybridized carbons (Fsp3) is 0.417. The number of nitrogens with zero attached hydrogens (tertiary/aromatic N) is 2. The molecule has 0 bridgehead atoms. The number of likely N-dealkylation sites (N-methyl/N-ethyl adjacent to an activating group) is 1. The molecule has 1 aromatic carbocycles. The number of hydrogen-bond donors (Lipinski definition) is 2. The molecule has 7 nitrogen and oxygen atoms in total. The summed E-state index contributed by atoms with van der Waals surface area (Å²) < 4.78 is 0. The van der Waals surface area contributed by atoms with Crippen LogP contribution in [0.2, 0.25) is 0 Å². The maximum absolute atomic E-state index is 11.8. The van der Waals surface area contributed by atoms with Gasteiger partial charge in [0, 0.05) is 25.7 Å². The average Bonchev–Trinajstić information content (AvgIpc) is 2.43. The van der Waals surface area contributed by atoms with Gasteiger partial charge in [0.1, 0.15) is 5.69 Å². The third-order valence-corrected chi connectivity index (χ3v) is 2.93. The first-order chi connectivity index (χ1) is 8.97. The van der Waals surface area contributed by atoms with Gasteiger partial charge in [-0.05, 0) is 13.0 Å². The van der Waals surface area contributed by atoms with Crippen molar-refractivity contribution in [2.24, 2.45) is 5.73 Å². The fourth-order valence-electron chi connectivity index (χ4n) is 1.48. The number of anilines is 1. The van der Waals surface area contributed by atoms with Crippen molar-refractivity contribution in [2.45, 2.75) is 13.0 Å². The topological polar surface area (TPSA) is 102 Å². The lowest BCUT2D eigenvalue weighted by atomic mass is 10.2. The van der Waals surface area contributed by atoms with Crippen LogP contribution >= 0.6 is 12.4 Å².